The summed E-state index contributed by atoms with van der Waals surface area (Å²) in [5.74, 6) is 0. The lowest BCUT2D eigenvalue weighted by Gasteiger charge is -2.32. The van der Waals surface area contributed by atoms with E-state index in [1.165, 1.54) is 25.9 Å². The van der Waals surface area contributed by atoms with Gasteiger partial charge in [0.2, 0.25) is 0 Å². The third-order valence-electron chi connectivity index (χ3n) is 7.31. The molecule has 0 bridgehead atoms. The van der Waals surface area contributed by atoms with Crippen LogP contribution in [0.3, 0.4) is 0 Å². The van der Waals surface area contributed by atoms with Crippen molar-refractivity contribution in [2.24, 2.45) is 0 Å². The molecule has 174 valence electrons. The van der Waals surface area contributed by atoms with Crippen molar-refractivity contribution in [2.45, 2.75) is 38.9 Å². The van der Waals surface area contributed by atoms with Crippen LogP contribution in [-0.2, 0) is 9.31 Å². The SMILES string of the molecule is CC1(C)OB(c2cccc3c2sc2c(N(c4ccccc4)c4ccccc4)cccc23)OC1(C)C. The Morgan fingerprint density at radius 1 is 0.600 bits per heavy atom. The van der Waals surface area contributed by atoms with E-state index < -0.39 is 0 Å². The van der Waals surface area contributed by atoms with Crippen LogP contribution in [0.1, 0.15) is 27.7 Å². The molecule has 5 aromatic rings. The molecular weight excluding hydrogens is 449 g/mol. The second-order valence-corrected chi connectivity index (χ2v) is 11.1. The molecule has 0 spiro atoms. The number of nitrogens with zero attached hydrogens (tertiary/aromatic N) is 1. The van der Waals surface area contributed by atoms with Crippen molar-refractivity contribution in [3.05, 3.63) is 97.1 Å². The molecule has 3 nitrogen and oxygen atoms in total. The summed E-state index contributed by atoms with van der Waals surface area (Å²) in [6, 6.07) is 34.2. The lowest BCUT2D eigenvalue weighted by atomic mass is 9.78. The lowest BCUT2D eigenvalue weighted by molar-refractivity contribution is 0.00578. The second-order valence-electron chi connectivity index (χ2n) is 10.1. The Morgan fingerprint density at radius 2 is 1.11 bits per heavy atom. The minimum absolute atomic E-state index is 0.376. The van der Waals surface area contributed by atoms with Gasteiger partial charge in [0.05, 0.1) is 21.6 Å². The van der Waals surface area contributed by atoms with Gasteiger partial charge in [0.1, 0.15) is 0 Å². The molecule has 0 unspecified atom stereocenters. The Morgan fingerprint density at radius 3 is 1.69 bits per heavy atom. The number of hydrogen-bond acceptors (Lipinski definition) is 4. The Hall–Kier alpha value is -3.12. The van der Waals surface area contributed by atoms with Crippen molar-refractivity contribution in [1.29, 1.82) is 0 Å². The van der Waals surface area contributed by atoms with E-state index in [0.717, 1.165) is 16.8 Å². The van der Waals surface area contributed by atoms with Crippen LogP contribution in [0.2, 0.25) is 0 Å². The summed E-state index contributed by atoms with van der Waals surface area (Å²) in [7, 11) is -0.389. The van der Waals surface area contributed by atoms with E-state index in [2.05, 4.69) is 130 Å². The molecular formula is C30H28BNO2S. The molecule has 1 aliphatic heterocycles. The number of thiophene rings is 1. The number of hydrogen-bond donors (Lipinski definition) is 0. The van der Waals surface area contributed by atoms with Crippen LogP contribution < -0.4 is 10.4 Å². The Balaban J connectivity index is 1.56. The summed E-state index contributed by atoms with van der Waals surface area (Å²) in [6.45, 7) is 8.42. The van der Waals surface area contributed by atoms with Crippen molar-refractivity contribution >= 4 is 61.2 Å². The van der Waals surface area contributed by atoms with Gasteiger partial charge in [-0.05, 0) is 58.0 Å². The Bertz CT molecular complexity index is 1460. The summed E-state index contributed by atoms with van der Waals surface area (Å²) >= 11 is 1.82. The van der Waals surface area contributed by atoms with Gasteiger partial charge >= 0.3 is 7.12 Å². The molecule has 0 N–H and O–H groups in total. The van der Waals surface area contributed by atoms with E-state index in [1.807, 2.05) is 11.3 Å². The van der Waals surface area contributed by atoms with E-state index in [-0.39, 0.29) is 18.3 Å². The smallest absolute Gasteiger partial charge is 0.399 e. The van der Waals surface area contributed by atoms with Crippen LogP contribution in [-0.4, -0.2) is 18.3 Å². The van der Waals surface area contributed by atoms with Gasteiger partial charge in [-0.15, -0.1) is 11.3 Å². The van der Waals surface area contributed by atoms with Crippen molar-refractivity contribution in [3.8, 4) is 0 Å². The quantitative estimate of drug-likeness (QED) is 0.246. The van der Waals surface area contributed by atoms with Crippen molar-refractivity contribution in [1.82, 2.24) is 0 Å². The molecule has 35 heavy (non-hydrogen) atoms. The molecule has 6 rings (SSSR count). The molecule has 0 radical (unpaired) electrons. The monoisotopic (exact) mass is 477 g/mol. The van der Waals surface area contributed by atoms with E-state index in [4.69, 9.17) is 9.31 Å². The fourth-order valence-corrected chi connectivity index (χ4v) is 6.07. The third kappa shape index (κ3) is 3.66. The van der Waals surface area contributed by atoms with E-state index in [1.54, 1.807) is 0 Å². The summed E-state index contributed by atoms with van der Waals surface area (Å²) in [5, 5.41) is 2.48. The standard InChI is InChI=1S/C30H28BNO2S/c1-29(2)30(3,4)34-31(33-29)25-19-11-17-23-24-18-12-20-26(28(24)35-27(23)25)32(21-13-7-5-8-14-21)22-15-9-6-10-16-22/h5-20H,1-4H3. The summed E-state index contributed by atoms with van der Waals surface area (Å²) in [6.07, 6.45) is 0. The fraction of sp³-hybridized carbons (Fsp3) is 0.200. The number of rotatable bonds is 4. The van der Waals surface area contributed by atoms with Gasteiger partial charge in [-0.25, -0.2) is 0 Å². The molecule has 4 aromatic carbocycles. The predicted molar refractivity (Wildman–Crippen MR) is 150 cm³/mol. The average molecular weight is 477 g/mol. The van der Waals surface area contributed by atoms with Gasteiger partial charge in [0, 0.05) is 32.3 Å². The van der Waals surface area contributed by atoms with Crippen molar-refractivity contribution in [2.75, 3.05) is 4.90 Å². The number of benzene rings is 4. The van der Waals surface area contributed by atoms with Crippen LogP contribution in [0, 0.1) is 0 Å². The van der Waals surface area contributed by atoms with Gasteiger partial charge in [-0.1, -0.05) is 66.7 Å². The fourth-order valence-electron chi connectivity index (χ4n) is 4.74. The lowest BCUT2D eigenvalue weighted by Crippen LogP contribution is -2.41. The van der Waals surface area contributed by atoms with Crippen LogP contribution >= 0.6 is 11.3 Å². The van der Waals surface area contributed by atoms with Crippen LogP contribution in [0.4, 0.5) is 17.1 Å². The van der Waals surface area contributed by atoms with Gasteiger partial charge in [-0.2, -0.15) is 0 Å². The molecule has 1 aliphatic rings. The maximum atomic E-state index is 6.44. The molecule has 2 heterocycles. The highest BCUT2D eigenvalue weighted by Gasteiger charge is 2.52. The van der Waals surface area contributed by atoms with Gasteiger partial charge in [0.25, 0.3) is 0 Å². The maximum Gasteiger partial charge on any atom is 0.496 e. The largest absolute Gasteiger partial charge is 0.496 e. The first kappa shape index (κ1) is 22.4. The minimum atomic E-state index is -0.389. The molecule has 1 aromatic heterocycles. The van der Waals surface area contributed by atoms with Gasteiger partial charge in [0.15, 0.2) is 0 Å². The Labute approximate surface area is 211 Å². The molecule has 0 saturated carbocycles. The van der Waals surface area contributed by atoms with Crippen LogP contribution in [0.5, 0.6) is 0 Å². The molecule has 0 aliphatic carbocycles. The van der Waals surface area contributed by atoms with Gasteiger partial charge < -0.3 is 14.2 Å². The maximum absolute atomic E-state index is 6.44. The number of fused-ring (bicyclic) bond motifs is 3. The third-order valence-corrected chi connectivity index (χ3v) is 8.60. The highest BCUT2D eigenvalue weighted by Crippen LogP contribution is 2.45. The van der Waals surface area contributed by atoms with E-state index in [0.29, 0.717) is 0 Å². The minimum Gasteiger partial charge on any atom is -0.399 e. The van der Waals surface area contributed by atoms with Crippen LogP contribution in [0.25, 0.3) is 20.2 Å². The average Bonchev–Trinajstić information content (AvgIpc) is 3.34. The van der Waals surface area contributed by atoms with Gasteiger partial charge in [-0.3, -0.25) is 0 Å². The zero-order chi connectivity index (χ0) is 24.2. The molecule has 0 amide bonds. The zero-order valence-electron chi connectivity index (χ0n) is 20.5. The van der Waals surface area contributed by atoms with E-state index in [9.17, 15) is 0 Å². The van der Waals surface area contributed by atoms with E-state index >= 15 is 0 Å². The van der Waals surface area contributed by atoms with Crippen molar-refractivity contribution in [3.63, 3.8) is 0 Å². The summed E-state index contributed by atoms with van der Waals surface area (Å²) < 4.78 is 15.4. The number of para-hydroxylation sites is 2. The first-order valence-corrected chi connectivity index (χ1v) is 12.9. The Kier molecular flexibility index (Phi) is 5.26. The highest BCUT2D eigenvalue weighted by atomic mass is 32.1. The topological polar surface area (TPSA) is 21.7 Å². The number of anilines is 3. The molecule has 0 atom stereocenters. The van der Waals surface area contributed by atoms with Crippen molar-refractivity contribution < 1.29 is 9.31 Å². The second kappa shape index (κ2) is 8.23. The molecule has 1 fully saturated rings. The molecule has 5 heteroatoms. The first-order chi connectivity index (χ1) is 16.9. The summed E-state index contributed by atoms with van der Waals surface area (Å²) in [4.78, 5) is 2.34. The van der Waals surface area contributed by atoms with Crippen LogP contribution in [0.15, 0.2) is 97.1 Å². The molecule has 1 saturated heterocycles. The summed E-state index contributed by atoms with van der Waals surface area (Å²) in [5.41, 5.74) is 3.78. The highest BCUT2D eigenvalue weighted by molar-refractivity contribution is 7.27. The first-order valence-electron chi connectivity index (χ1n) is 12.1. The predicted octanol–water partition coefficient (Wildman–Crippen LogP) is 7.82. The zero-order valence-corrected chi connectivity index (χ0v) is 21.3. The normalized spacial score (nSPS) is 16.7.